The van der Waals surface area contributed by atoms with Crippen LogP contribution < -0.4 is 11.1 Å². The molecule has 0 saturated carbocycles. The minimum Gasteiger partial charge on any atom is -0.399 e. The van der Waals surface area contributed by atoms with E-state index >= 15 is 0 Å². The molecular formula is C15H21N3S. The molecule has 2 rings (SSSR count). The highest BCUT2D eigenvalue weighted by Crippen LogP contribution is 2.24. The Labute approximate surface area is 118 Å². The molecule has 3 N–H and O–H groups in total. The summed E-state index contributed by atoms with van der Waals surface area (Å²) in [5.74, 6) is 0. The SMILES string of the molecule is Cc1nc(C)c(C(C)NCCc2ccc(N)cc2)s1. The Kier molecular flexibility index (Phi) is 4.56. The normalized spacial score (nSPS) is 12.6. The lowest BCUT2D eigenvalue weighted by Gasteiger charge is -2.12. The van der Waals surface area contributed by atoms with Crippen molar-refractivity contribution in [2.24, 2.45) is 0 Å². The summed E-state index contributed by atoms with van der Waals surface area (Å²) in [7, 11) is 0. The average molecular weight is 275 g/mol. The molecule has 0 fully saturated rings. The van der Waals surface area contributed by atoms with Gasteiger partial charge in [0, 0.05) is 16.6 Å². The van der Waals surface area contributed by atoms with Crippen LogP contribution in [-0.2, 0) is 6.42 Å². The first-order valence-electron chi connectivity index (χ1n) is 6.58. The van der Waals surface area contributed by atoms with Crippen LogP contribution in [0, 0.1) is 13.8 Å². The molecule has 3 nitrogen and oxygen atoms in total. The summed E-state index contributed by atoms with van der Waals surface area (Å²) in [5, 5.41) is 4.69. The summed E-state index contributed by atoms with van der Waals surface area (Å²) in [5.41, 5.74) is 8.96. The minimum absolute atomic E-state index is 0.361. The molecule has 0 aliphatic rings. The van der Waals surface area contributed by atoms with Crippen LogP contribution in [0.2, 0.25) is 0 Å². The van der Waals surface area contributed by atoms with Gasteiger partial charge in [0.15, 0.2) is 0 Å². The monoisotopic (exact) mass is 275 g/mol. The zero-order valence-electron chi connectivity index (χ0n) is 11.7. The Morgan fingerprint density at radius 3 is 2.53 bits per heavy atom. The van der Waals surface area contributed by atoms with E-state index in [9.17, 15) is 0 Å². The van der Waals surface area contributed by atoms with Crippen molar-refractivity contribution in [3.05, 3.63) is 45.4 Å². The predicted molar refractivity (Wildman–Crippen MR) is 82.6 cm³/mol. The number of nitrogens with one attached hydrogen (secondary N) is 1. The first kappa shape index (κ1) is 14.0. The molecule has 0 aliphatic carbocycles. The molecule has 102 valence electrons. The van der Waals surface area contributed by atoms with Crippen molar-refractivity contribution >= 4 is 17.0 Å². The van der Waals surface area contributed by atoms with E-state index in [0.717, 1.165) is 29.4 Å². The smallest absolute Gasteiger partial charge is 0.0900 e. The van der Waals surface area contributed by atoms with Gasteiger partial charge < -0.3 is 11.1 Å². The summed E-state index contributed by atoms with van der Waals surface area (Å²) >= 11 is 1.78. The molecule has 0 spiro atoms. The van der Waals surface area contributed by atoms with Crippen LogP contribution >= 0.6 is 11.3 Å². The summed E-state index contributed by atoms with van der Waals surface area (Å²) in [6.45, 7) is 7.30. The highest BCUT2D eigenvalue weighted by molar-refractivity contribution is 7.11. The molecule has 1 unspecified atom stereocenters. The molecule has 19 heavy (non-hydrogen) atoms. The number of nitrogens with two attached hydrogens (primary N) is 1. The van der Waals surface area contributed by atoms with Crippen LogP contribution in [0.3, 0.4) is 0 Å². The van der Waals surface area contributed by atoms with Crippen molar-refractivity contribution in [1.29, 1.82) is 0 Å². The number of aromatic nitrogens is 1. The van der Waals surface area contributed by atoms with E-state index in [2.05, 4.69) is 43.2 Å². The zero-order valence-corrected chi connectivity index (χ0v) is 12.6. The van der Waals surface area contributed by atoms with Gasteiger partial charge in [0.1, 0.15) is 0 Å². The number of rotatable bonds is 5. The van der Waals surface area contributed by atoms with Gasteiger partial charge in [-0.15, -0.1) is 11.3 Å². The Hall–Kier alpha value is -1.39. The lowest BCUT2D eigenvalue weighted by atomic mass is 10.1. The van der Waals surface area contributed by atoms with Gasteiger partial charge in [0.2, 0.25) is 0 Å². The van der Waals surface area contributed by atoms with Gasteiger partial charge in [-0.25, -0.2) is 4.98 Å². The predicted octanol–water partition coefficient (Wildman–Crippen LogP) is 3.24. The minimum atomic E-state index is 0.361. The zero-order chi connectivity index (χ0) is 13.8. The number of benzene rings is 1. The molecule has 0 bridgehead atoms. The second-order valence-corrected chi connectivity index (χ2v) is 6.08. The van der Waals surface area contributed by atoms with Gasteiger partial charge in [-0.05, 0) is 51.4 Å². The highest BCUT2D eigenvalue weighted by Gasteiger charge is 2.11. The van der Waals surface area contributed by atoms with Crippen molar-refractivity contribution < 1.29 is 0 Å². The summed E-state index contributed by atoms with van der Waals surface area (Å²) in [6, 6.07) is 8.44. The number of nitrogen functional groups attached to an aromatic ring is 1. The van der Waals surface area contributed by atoms with Gasteiger partial charge >= 0.3 is 0 Å². The van der Waals surface area contributed by atoms with Gasteiger partial charge in [-0.2, -0.15) is 0 Å². The van der Waals surface area contributed by atoms with E-state index < -0.39 is 0 Å². The number of nitrogens with zero attached hydrogens (tertiary/aromatic N) is 1. The molecule has 0 amide bonds. The Morgan fingerprint density at radius 2 is 1.95 bits per heavy atom. The fourth-order valence-electron chi connectivity index (χ4n) is 2.16. The Balaban J connectivity index is 1.85. The van der Waals surface area contributed by atoms with Gasteiger partial charge in [0.25, 0.3) is 0 Å². The lowest BCUT2D eigenvalue weighted by molar-refractivity contribution is 0.581. The molecule has 0 radical (unpaired) electrons. The second-order valence-electron chi connectivity index (χ2n) is 4.85. The third-order valence-corrected chi connectivity index (χ3v) is 4.43. The van der Waals surface area contributed by atoms with E-state index in [1.54, 1.807) is 11.3 Å². The van der Waals surface area contributed by atoms with Crippen molar-refractivity contribution in [2.45, 2.75) is 33.2 Å². The molecule has 4 heteroatoms. The standard InChI is InChI=1S/C15H21N3S/c1-10(15-11(2)18-12(3)19-15)17-9-8-13-4-6-14(16)7-5-13/h4-7,10,17H,8-9,16H2,1-3H3. The molecule has 1 aromatic carbocycles. The summed E-state index contributed by atoms with van der Waals surface area (Å²) in [4.78, 5) is 5.82. The second kappa shape index (κ2) is 6.17. The number of hydrogen-bond acceptors (Lipinski definition) is 4. The van der Waals surface area contributed by atoms with E-state index in [4.69, 9.17) is 5.73 Å². The van der Waals surface area contributed by atoms with Crippen molar-refractivity contribution in [2.75, 3.05) is 12.3 Å². The third kappa shape index (κ3) is 3.78. The maximum absolute atomic E-state index is 5.68. The first-order chi connectivity index (χ1) is 9.06. The Morgan fingerprint density at radius 1 is 1.26 bits per heavy atom. The van der Waals surface area contributed by atoms with Crippen LogP contribution in [0.25, 0.3) is 0 Å². The van der Waals surface area contributed by atoms with Crippen LogP contribution in [0.15, 0.2) is 24.3 Å². The van der Waals surface area contributed by atoms with Crippen LogP contribution in [0.5, 0.6) is 0 Å². The molecule has 0 aliphatic heterocycles. The van der Waals surface area contributed by atoms with Crippen LogP contribution in [-0.4, -0.2) is 11.5 Å². The number of anilines is 1. The van der Waals surface area contributed by atoms with E-state index in [-0.39, 0.29) is 0 Å². The Bertz CT molecular complexity index is 531. The lowest BCUT2D eigenvalue weighted by Crippen LogP contribution is -2.21. The van der Waals surface area contributed by atoms with Gasteiger partial charge in [-0.3, -0.25) is 0 Å². The van der Waals surface area contributed by atoms with Crippen molar-refractivity contribution in [3.8, 4) is 0 Å². The fourth-order valence-corrected chi connectivity index (χ4v) is 3.11. The highest BCUT2D eigenvalue weighted by atomic mass is 32.1. The van der Waals surface area contributed by atoms with E-state index in [1.807, 2.05) is 12.1 Å². The van der Waals surface area contributed by atoms with E-state index in [0.29, 0.717) is 6.04 Å². The molecule has 1 atom stereocenters. The number of hydrogen-bond donors (Lipinski definition) is 2. The maximum Gasteiger partial charge on any atom is 0.0900 e. The first-order valence-corrected chi connectivity index (χ1v) is 7.39. The molecule has 1 aromatic heterocycles. The largest absolute Gasteiger partial charge is 0.399 e. The quantitative estimate of drug-likeness (QED) is 0.824. The molecule has 0 saturated heterocycles. The van der Waals surface area contributed by atoms with Gasteiger partial charge in [0.05, 0.1) is 10.7 Å². The topological polar surface area (TPSA) is 50.9 Å². The number of thiazole rings is 1. The van der Waals surface area contributed by atoms with Crippen LogP contribution in [0.1, 0.15) is 34.1 Å². The van der Waals surface area contributed by atoms with Gasteiger partial charge in [-0.1, -0.05) is 12.1 Å². The van der Waals surface area contributed by atoms with Crippen molar-refractivity contribution in [1.82, 2.24) is 10.3 Å². The summed E-state index contributed by atoms with van der Waals surface area (Å²) < 4.78 is 0. The summed E-state index contributed by atoms with van der Waals surface area (Å²) in [6.07, 6.45) is 1.02. The molecule has 1 heterocycles. The maximum atomic E-state index is 5.68. The molecule has 2 aromatic rings. The third-order valence-electron chi connectivity index (χ3n) is 3.18. The molecular weight excluding hydrogens is 254 g/mol. The van der Waals surface area contributed by atoms with E-state index in [1.165, 1.54) is 10.4 Å². The van der Waals surface area contributed by atoms with Crippen LogP contribution in [0.4, 0.5) is 5.69 Å². The number of aryl methyl sites for hydroxylation is 2. The average Bonchev–Trinajstić information content (AvgIpc) is 2.71. The van der Waals surface area contributed by atoms with Crippen molar-refractivity contribution in [3.63, 3.8) is 0 Å². The fraction of sp³-hybridized carbons (Fsp3) is 0.400.